The zero-order chi connectivity index (χ0) is 11.7. The van der Waals surface area contributed by atoms with Crippen molar-refractivity contribution in [2.45, 2.75) is 25.4 Å². The van der Waals surface area contributed by atoms with Gasteiger partial charge < -0.3 is 5.32 Å². The highest BCUT2D eigenvalue weighted by Gasteiger charge is 2.20. The van der Waals surface area contributed by atoms with E-state index in [1.807, 2.05) is 36.2 Å². The molecule has 0 bridgehead atoms. The number of rotatable bonds is 3. The normalized spacial score (nSPS) is 22.1. The number of nitrogens with one attached hydrogen (secondary N) is 1. The maximum atomic E-state index is 4.28. The van der Waals surface area contributed by atoms with Crippen LogP contribution in [0.3, 0.4) is 0 Å². The lowest BCUT2D eigenvalue weighted by molar-refractivity contribution is 0.467. The standard InChI is InChI=1S/C12H16N4S/c1-9(13-10-5-7-17-8-10)12-15-14-11-4-2-3-6-16(11)12/h2-4,6,9-10,13H,5,7-8H2,1H3. The summed E-state index contributed by atoms with van der Waals surface area (Å²) in [5.41, 5.74) is 0.914. The van der Waals surface area contributed by atoms with Gasteiger partial charge in [-0.25, -0.2) is 0 Å². The molecule has 0 aromatic carbocycles. The van der Waals surface area contributed by atoms with Crippen molar-refractivity contribution in [1.29, 1.82) is 0 Å². The Hall–Kier alpha value is -1.07. The first-order valence-corrected chi connectivity index (χ1v) is 7.13. The SMILES string of the molecule is CC(NC1CCSC1)c1nnc2ccccn12. The van der Waals surface area contributed by atoms with E-state index in [9.17, 15) is 0 Å². The van der Waals surface area contributed by atoms with Gasteiger partial charge in [0.05, 0.1) is 6.04 Å². The Morgan fingerprint density at radius 3 is 3.24 bits per heavy atom. The van der Waals surface area contributed by atoms with Crippen molar-refractivity contribution < 1.29 is 0 Å². The molecule has 0 radical (unpaired) electrons. The van der Waals surface area contributed by atoms with E-state index >= 15 is 0 Å². The molecule has 1 aliphatic rings. The molecule has 2 aromatic heterocycles. The summed E-state index contributed by atoms with van der Waals surface area (Å²) in [5.74, 6) is 3.48. The molecule has 2 atom stereocenters. The van der Waals surface area contributed by atoms with Gasteiger partial charge in [-0.1, -0.05) is 6.07 Å². The highest BCUT2D eigenvalue weighted by atomic mass is 32.2. The zero-order valence-corrected chi connectivity index (χ0v) is 10.7. The molecule has 4 nitrogen and oxygen atoms in total. The summed E-state index contributed by atoms with van der Waals surface area (Å²) in [5, 5.41) is 12.1. The van der Waals surface area contributed by atoms with Gasteiger partial charge in [0.15, 0.2) is 11.5 Å². The first kappa shape index (κ1) is 11.0. The fourth-order valence-electron chi connectivity index (χ4n) is 2.25. The van der Waals surface area contributed by atoms with Gasteiger partial charge in [-0.3, -0.25) is 4.40 Å². The Morgan fingerprint density at radius 2 is 2.41 bits per heavy atom. The van der Waals surface area contributed by atoms with E-state index in [1.54, 1.807) is 0 Å². The fourth-order valence-corrected chi connectivity index (χ4v) is 3.41. The van der Waals surface area contributed by atoms with E-state index in [2.05, 4.69) is 26.8 Å². The molecule has 90 valence electrons. The van der Waals surface area contributed by atoms with Crippen LogP contribution in [-0.4, -0.2) is 32.1 Å². The summed E-state index contributed by atoms with van der Waals surface area (Å²) < 4.78 is 2.06. The zero-order valence-electron chi connectivity index (χ0n) is 9.84. The molecule has 17 heavy (non-hydrogen) atoms. The summed E-state index contributed by atoms with van der Waals surface area (Å²) >= 11 is 2.02. The third-order valence-electron chi connectivity index (χ3n) is 3.14. The summed E-state index contributed by atoms with van der Waals surface area (Å²) in [7, 11) is 0. The second-order valence-electron chi connectivity index (χ2n) is 4.44. The topological polar surface area (TPSA) is 42.2 Å². The van der Waals surface area contributed by atoms with Crippen molar-refractivity contribution in [1.82, 2.24) is 19.9 Å². The number of aromatic nitrogens is 3. The number of hydrogen-bond donors (Lipinski definition) is 1. The third-order valence-corrected chi connectivity index (χ3v) is 4.31. The number of thioether (sulfide) groups is 1. The van der Waals surface area contributed by atoms with E-state index in [4.69, 9.17) is 0 Å². The lowest BCUT2D eigenvalue weighted by Gasteiger charge is -2.17. The maximum absolute atomic E-state index is 4.28. The Morgan fingerprint density at radius 1 is 1.47 bits per heavy atom. The average Bonchev–Trinajstić information content (AvgIpc) is 2.96. The Labute approximate surface area is 105 Å². The summed E-state index contributed by atoms with van der Waals surface area (Å²) in [4.78, 5) is 0. The largest absolute Gasteiger partial charge is 0.304 e. The number of nitrogens with zero attached hydrogens (tertiary/aromatic N) is 3. The first-order chi connectivity index (χ1) is 8.34. The van der Waals surface area contributed by atoms with E-state index < -0.39 is 0 Å². The van der Waals surface area contributed by atoms with Gasteiger partial charge >= 0.3 is 0 Å². The van der Waals surface area contributed by atoms with Crippen molar-refractivity contribution in [2.75, 3.05) is 11.5 Å². The predicted octanol–water partition coefficient (Wildman–Crippen LogP) is 1.89. The number of fused-ring (bicyclic) bond motifs is 1. The van der Waals surface area contributed by atoms with E-state index in [0.29, 0.717) is 6.04 Å². The smallest absolute Gasteiger partial charge is 0.160 e. The van der Waals surface area contributed by atoms with Crippen LogP contribution in [0.2, 0.25) is 0 Å². The molecule has 0 saturated carbocycles. The molecule has 0 aliphatic carbocycles. The van der Waals surface area contributed by atoms with Gasteiger partial charge in [-0.05, 0) is 31.2 Å². The van der Waals surface area contributed by atoms with Crippen LogP contribution in [0.25, 0.3) is 5.65 Å². The quantitative estimate of drug-likeness (QED) is 0.900. The predicted molar refractivity (Wildman–Crippen MR) is 70.3 cm³/mol. The lowest BCUT2D eigenvalue weighted by atomic mass is 10.2. The van der Waals surface area contributed by atoms with E-state index in [1.165, 1.54) is 17.9 Å². The monoisotopic (exact) mass is 248 g/mol. The Balaban J connectivity index is 1.82. The molecule has 2 unspecified atom stereocenters. The number of pyridine rings is 1. The molecule has 0 amide bonds. The molecular formula is C12H16N4S. The van der Waals surface area contributed by atoms with Crippen LogP contribution >= 0.6 is 11.8 Å². The van der Waals surface area contributed by atoms with Crippen LogP contribution in [0.5, 0.6) is 0 Å². The third kappa shape index (κ3) is 2.17. The molecular weight excluding hydrogens is 232 g/mol. The van der Waals surface area contributed by atoms with Gasteiger partial charge in [0, 0.05) is 18.0 Å². The molecule has 0 spiro atoms. The van der Waals surface area contributed by atoms with E-state index in [-0.39, 0.29) is 6.04 Å². The lowest BCUT2D eigenvalue weighted by Crippen LogP contribution is -2.32. The molecule has 3 rings (SSSR count). The number of hydrogen-bond acceptors (Lipinski definition) is 4. The second kappa shape index (κ2) is 4.66. The van der Waals surface area contributed by atoms with Gasteiger partial charge in [0.1, 0.15) is 0 Å². The minimum atomic E-state index is 0.246. The van der Waals surface area contributed by atoms with Crippen molar-refractivity contribution in [2.24, 2.45) is 0 Å². The maximum Gasteiger partial charge on any atom is 0.160 e. The van der Waals surface area contributed by atoms with Crippen LogP contribution in [0.4, 0.5) is 0 Å². The van der Waals surface area contributed by atoms with Gasteiger partial charge in [-0.15, -0.1) is 10.2 Å². The fraction of sp³-hybridized carbons (Fsp3) is 0.500. The molecule has 1 aliphatic heterocycles. The molecule has 3 heterocycles. The summed E-state index contributed by atoms with van der Waals surface area (Å²) in [6.45, 7) is 2.16. The second-order valence-corrected chi connectivity index (χ2v) is 5.59. The molecule has 1 saturated heterocycles. The van der Waals surface area contributed by atoms with Crippen molar-refractivity contribution in [3.8, 4) is 0 Å². The van der Waals surface area contributed by atoms with Crippen molar-refractivity contribution in [3.63, 3.8) is 0 Å². The van der Waals surface area contributed by atoms with E-state index in [0.717, 1.165) is 11.5 Å². The Bertz CT molecular complexity index is 504. The highest BCUT2D eigenvalue weighted by molar-refractivity contribution is 7.99. The summed E-state index contributed by atoms with van der Waals surface area (Å²) in [6, 6.07) is 6.84. The highest BCUT2D eigenvalue weighted by Crippen LogP contribution is 2.20. The van der Waals surface area contributed by atoms with Crippen LogP contribution in [0.15, 0.2) is 24.4 Å². The Kier molecular flexibility index (Phi) is 3.03. The van der Waals surface area contributed by atoms with Crippen LogP contribution in [-0.2, 0) is 0 Å². The molecule has 1 N–H and O–H groups in total. The average molecular weight is 248 g/mol. The van der Waals surface area contributed by atoms with Gasteiger partial charge in [-0.2, -0.15) is 11.8 Å². The van der Waals surface area contributed by atoms with Crippen LogP contribution in [0.1, 0.15) is 25.2 Å². The van der Waals surface area contributed by atoms with Gasteiger partial charge in [0.25, 0.3) is 0 Å². The molecule has 5 heteroatoms. The van der Waals surface area contributed by atoms with Gasteiger partial charge in [0.2, 0.25) is 0 Å². The van der Waals surface area contributed by atoms with Crippen molar-refractivity contribution in [3.05, 3.63) is 30.2 Å². The minimum Gasteiger partial charge on any atom is -0.304 e. The minimum absolute atomic E-state index is 0.246. The molecule has 2 aromatic rings. The van der Waals surface area contributed by atoms with Crippen LogP contribution in [0, 0.1) is 0 Å². The first-order valence-electron chi connectivity index (χ1n) is 5.98. The van der Waals surface area contributed by atoms with Crippen molar-refractivity contribution >= 4 is 17.4 Å². The molecule has 1 fully saturated rings. The summed E-state index contributed by atoms with van der Waals surface area (Å²) in [6.07, 6.45) is 3.28. The van der Waals surface area contributed by atoms with Crippen LogP contribution < -0.4 is 5.32 Å².